The van der Waals surface area contributed by atoms with Crippen LogP contribution in [0.15, 0.2) is 54.9 Å². The number of anilines is 1. The van der Waals surface area contributed by atoms with Crippen molar-refractivity contribution in [2.45, 2.75) is 43.8 Å². The van der Waals surface area contributed by atoms with Gasteiger partial charge in [0.2, 0.25) is 5.60 Å². The number of nitrogens with one attached hydrogen (secondary N) is 1. The highest BCUT2D eigenvalue weighted by Gasteiger charge is 2.52. The van der Waals surface area contributed by atoms with E-state index in [9.17, 15) is 23.5 Å². The van der Waals surface area contributed by atoms with Crippen LogP contribution >= 0.6 is 23.2 Å². The Morgan fingerprint density at radius 2 is 1.79 bits per heavy atom. The second-order valence-electron chi connectivity index (χ2n) is 9.58. The van der Waals surface area contributed by atoms with E-state index in [4.69, 9.17) is 23.2 Å². The lowest BCUT2D eigenvalue weighted by Gasteiger charge is -2.32. The van der Waals surface area contributed by atoms with Crippen LogP contribution in [0.25, 0.3) is 0 Å². The van der Waals surface area contributed by atoms with E-state index in [2.05, 4.69) is 15.3 Å². The molecule has 1 aliphatic carbocycles. The smallest absolute Gasteiger partial charge is 0.281 e. The third kappa shape index (κ3) is 4.86. The van der Waals surface area contributed by atoms with Crippen LogP contribution < -0.4 is 10.2 Å². The minimum atomic E-state index is -2.90. The SMILES string of the molecule is O=C(NC1CCC(CN2C(=O)C(O)(c3ccc(Cl)cn3)c3ccccc32)CC1)c1cc(Cl)cnc1C(F)F. The standard InChI is InChI=1S/C27H24Cl2F2N4O3/c28-16-7-10-22(32-12-16)27(38)20-3-1-2-4-21(20)35(26(27)37)14-15-5-8-18(9-6-15)34-25(36)19-11-17(29)13-33-23(19)24(30)31/h1-4,7,10-13,15,18,24,38H,5-6,8-9,14H2,(H,34,36). The van der Waals surface area contributed by atoms with Crippen molar-refractivity contribution >= 4 is 40.7 Å². The number of aromatic nitrogens is 2. The molecule has 2 aromatic heterocycles. The molecule has 7 nitrogen and oxygen atoms in total. The molecule has 0 spiro atoms. The fourth-order valence-electron chi connectivity index (χ4n) is 5.27. The summed E-state index contributed by atoms with van der Waals surface area (Å²) in [4.78, 5) is 35.7. The lowest BCUT2D eigenvalue weighted by Crippen LogP contribution is -2.45. The van der Waals surface area contributed by atoms with Gasteiger partial charge in [0.1, 0.15) is 5.69 Å². The summed E-state index contributed by atoms with van der Waals surface area (Å²) in [7, 11) is 0. The van der Waals surface area contributed by atoms with E-state index in [0.717, 1.165) is 6.20 Å². The third-order valence-electron chi connectivity index (χ3n) is 7.20. The molecule has 38 heavy (non-hydrogen) atoms. The number of benzene rings is 1. The van der Waals surface area contributed by atoms with Crippen molar-refractivity contribution in [1.82, 2.24) is 15.3 Å². The summed E-state index contributed by atoms with van der Waals surface area (Å²) in [6.07, 6.45) is 2.21. The summed E-state index contributed by atoms with van der Waals surface area (Å²) in [5, 5.41) is 14.9. The predicted octanol–water partition coefficient (Wildman–Crippen LogP) is 5.29. The molecule has 1 aliphatic heterocycles. The zero-order chi connectivity index (χ0) is 27.0. The van der Waals surface area contributed by atoms with E-state index in [1.807, 2.05) is 6.07 Å². The average molecular weight is 561 g/mol. The maximum Gasteiger partial charge on any atom is 0.281 e. The second-order valence-corrected chi connectivity index (χ2v) is 10.5. The van der Waals surface area contributed by atoms with Gasteiger partial charge in [-0.2, -0.15) is 0 Å². The van der Waals surface area contributed by atoms with Crippen molar-refractivity contribution in [3.63, 3.8) is 0 Å². The summed E-state index contributed by atoms with van der Waals surface area (Å²) in [5.74, 6) is -0.995. The molecule has 2 N–H and O–H groups in total. The largest absolute Gasteiger partial charge is 0.370 e. The monoisotopic (exact) mass is 560 g/mol. The normalized spacial score (nSPS) is 23.0. The van der Waals surface area contributed by atoms with E-state index in [1.54, 1.807) is 35.2 Å². The Labute approximate surface area is 227 Å². The van der Waals surface area contributed by atoms with Crippen molar-refractivity contribution < 1.29 is 23.5 Å². The first-order valence-corrected chi connectivity index (χ1v) is 12.9. The van der Waals surface area contributed by atoms with Gasteiger partial charge in [-0.25, -0.2) is 8.78 Å². The molecule has 0 radical (unpaired) electrons. The summed E-state index contributed by atoms with van der Waals surface area (Å²) in [5.41, 5.74) is -1.46. The minimum Gasteiger partial charge on any atom is -0.370 e. The Bertz CT molecular complexity index is 1370. The predicted molar refractivity (Wildman–Crippen MR) is 138 cm³/mol. The van der Waals surface area contributed by atoms with Gasteiger partial charge >= 0.3 is 0 Å². The van der Waals surface area contributed by atoms with E-state index in [0.29, 0.717) is 48.5 Å². The van der Waals surface area contributed by atoms with Crippen LogP contribution in [-0.2, 0) is 10.4 Å². The van der Waals surface area contributed by atoms with Crippen molar-refractivity contribution in [2.24, 2.45) is 5.92 Å². The van der Waals surface area contributed by atoms with Gasteiger partial charge in [-0.3, -0.25) is 19.6 Å². The van der Waals surface area contributed by atoms with Gasteiger partial charge in [0.15, 0.2) is 0 Å². The van der Waals surface area contributed by atoms with Crippen molar-refractivity contribution in [1.29, 1.82) is 0 Å². The van der Waals surface area contributed by atoms with Crippen molar-refractivity contribution in [2.75, 3.05) is 11.4 Å². The molecule has 0 saturated heterocycles. The Morgan fingerprint density at radius 3 is 2.47 bits per heavy atom. The molecule has 1 fully saturated rings. The molecular formula is C27H24Cl2F2N4O3. The number of rotatable bonds is 6. The average Bonchev–Trinajstić information content (AvgIpc) is 3.12. The molecule has 3 aromatic rings. The molecule has 1 aromatic carbocycles. The van der Waals surface area contributed by atoms with Gasteiger partial charge < -0.3 is 15.3 Å². The van der Waals surface area contributed by atoms with Crippen LogP contribution in [0, 0.1) is 5.92 Å². The molecule has 2 amide bonds. The van der Waals surface area contributed by atoms with E-state index >= 15 is 0 Å². The number of carbonyl (C=O) groups excluding carboxylic acids is 2. The topological polar surface area (TPSA) is 95.4 Å². The summed E-state index contributed by atoms with van der Waals surface area (Å²) in [6.45, 7) is 0.389. The number of nitrogens with zero attached hydrogens (tertiary/aromatic N) is 3. The number of halogens is 4. The highest BCUT2D eigenvalue weighted by atomic mass is 35.5. The van der Waals surface area contributed by atoms with Gasteiger partial charge in [-0.15, -0.1) is 0 Å². The maximum absolute atomic E-state index is 13.6. The third-order valence-corrected chi connectivity index (χ3v) is 7.63. The number of hydrogen-bond acceptors (Lipinski definition) is 5. The number of amides is 2. The Hall–Kier alpha value is -3.14. The lowest BCUT2D eigenvalue weighted by molar-refractivity contribution is -0.132. The van der Waals surface area contributed by atoms with Crippen LogP contribution in [0.3, 0.4) is 0 Å². The number of fused-ring (bicyclic) bond motifs is 1. The van der Waals surface area contributed by atoms with Gasteiger partial charge in [0.25, 0.3) is 18.2 Å². The van der Waals surface area contributed by atoms with Crippen LogP contribution in [0.5, 0.6) is 0 Å². The summed E-state index contributed by atoms with van der Waals surface area (Å²) >= 11 is 11.8. The highest BCUT2D eigenvalue weighted by Crippen LogP contribution is 2.44. The summed E-state index contributed by atoms with van der Waals surface area (Å²) in [6, 6.07) is 11.2. The molecule has 1 unspecified atom stereocenters. The number of aliphatic hydroxyl groups is 1. The van der Waals surface area contributed by atoms with Gasteiger partial charge in [-0.1, -0.05) is 41.4 Å². The first-order valence-electron chi connectivity index (χ1n) is 12.2. The first kappa shape index (κ1) is 26.5. The number of carbonyl (C=O) groups is 2. The van der Waals surface area contributed by atoms with Gasteiger partial charge in [0, 0.05) is 30.5 Å². The fraction of sp³-hybridized carbons (Fsp3) is 0.333. The summed E-state index contributed by atoms with van der Waals surface area (Å²) < 4.78 is 26.6. The Morgan fingerprint density at radius 1 is 1.08 bits per heavy atom. The zero-order valence-electron chi connectivity index (χ0n) is 20.1. The molecular weight excluding hydrogens is 537 g/mol. The Kier molecular flexibility index (Phi) is 7.35. The van der Waals surface area contributed by atoms with Crippen molar-refractivity contribution in [3.05, 3.63) is 87.4 Å². The molecule has 1 atom stereocenters. The maximum atomic E-state index is 13.6. The first-order chi connectivity index (χ1) is 18.2. The van der Waals surface area contributed by atoms with E-state index in [1.165, 1.54) is 12.3 Å². The van der Waals surface area contributed by atoms with Gasteiger partial charge in [-0.05, 0) is 55.9 Å². The lowest BCUT2D eigenvalue weighted by atomic mass is 9.85. The van der Waals surface area contributed by atoms with Crippen LogP contribution in [-0.4, -0.2) is 39.5 Å². The van der Waals surface area contributed by atoms with Crippen molar-refractivity contribution in [3.8, 4) is 0 Å². The number of pyridine rings is 2. The minimum absolute atomic E-state index is 0.104. The molecule has 5 rings (SSSR count). The zero-order valence-corrected chi connectivity index (χ0v) is 21.6. The molecule has 11 heteroatoms. The van der Waals surface area contributed by atoms with Crippen LogP contribution in [0.4, 0.5) is 14.5 Å². The van der Waals surface area contributed by atoms with E-state index in [-0.39, 0.29) is 28.2 Å². The van der Waals surface area contributed by atoms with Crippen LogP contribution in [0.2, 0.25) is 10.0 Å². The number of alkyl halides is 2. The molecule has 198 valence electrons. The molecule has 2 aliphatic rings. The molecule has 0 bridgehead atoms. The van der Waals surface area contributed by atoms with E-state index < -0.39 is 29.5 Å². The molecule has 3 heterocycles. The number of hydrogen-bond donors (Lipinski definition) is 2. The Balaban J connectivity index is 1.26. The fourth-order valence-corrected chi connectivity index (χ4v) is 5.54. The number of para-hydroxylation sites is 1. The van der Waals surface area contributed by atoms with Crippen LogP contribution in [0.1, 0.15) is 59.4 Å². The molecule has 1 saturated carbocycles. The second kappa shape index (κ2) is 10.6. The van der Waals surface area contributed by atoms with Gasteiger partial charge in [0.05, 0.1) is 27.0 Å². The highest BCUT2D eigenvalue weighted by molar-refractivity contribution is 6.31. The quantitative estimate of drug-likeness (QED) is 0.427.